The number of carboxylic acid groups (broad SMARTS) is 1. The Balaban J connectivity index is 2.24. The van der Waals surface area contributed by atoms with Gasteiger partial charge in [-0.3, -0.25) is 19.2 Å². The van der Waals surface area contributed by atoms with Gasteiger partial charge in [-0.1, -0.05) is 26.3 Å². The number of hydrogen-bond acceptors (Lipinski definition) is 8. The van der Waals surface area contributed by atoms with E-state index in [9.17, 15) is 19.2 Å². The second kappa shape index (κ2) is 13.2. The number of nitrogens with one attached hydrogen (secondary N) is 3. The molecule has 0 heterocycles. The van der Waals surface area contributed by atoms with Crippen LogP contribution in [0.4, 0.5) is 5.69 Å². The van der Waals surface area contributed by atoms with Crippen LogP contribution in [0.5, 0.6) is 17.2 Å². The van der Waals surface area contributed by atoms with E-state index in [2.05, 4.69) is 16.0 Å². The molecule has 0 saturated heterocycles. The van der Waals surface area contributed by atoms with Gasteiger partial charge in [0, 0.05) is 12.5 Å². The van der Waals surface area contributed by atoms with Crippen molar-refractivity contribution < 1.29 is 33.7 Å². The molecule has 40 heavy (non-hydrogen) atoms. The molecule has 1 aliphatic carbocycles. The summed E-state index contributed by atoms with van der Waals surface area (Å²) in [6.45, 7) is 4.63. The van der Waals surface area contributed by atoms with E-state index in [4.69, 9.17) is 19.3 Å². The van der Waals surface area contributed by atoms with Crippen LogP contribution in [-0.2, 0) is 20.8 Å². The molecular formula is C29H37N3O8. The van der Waals surface area contributed by atoms with Crippen LogP contribution in [0.2, 0.25) is 0 Å². The summed E-state index contributed by atoms with van der Waals surface area (Å²) in [4.78, 5) is 49.6. The van der Waals surface area contributed by atoms with Crippen LogP contribution in [0.1, 0.15) is 50.8 Å². The molecule has 0 bridgehead atoms. The fraction of sp³-hybridized carbons (Fsp3) is 0.448. The summed E-state index contributed by atoms with van der Waals surface area (Å²) in [5, 5.41) is 17.4. The number of amides is 2. The van der Waals surface area contributed by atoms with Crippen molar-refractivity contribution >= 4 is 23.5 Å². The van der Waals surface area contributed by atoms with Crippen LogP contribution in [0, 0.1) is 5.92 Å². The number of ether oxygens (including phenoxy) is 3. The fourth-order valence-electron chi connectivity index (χ4n) is 4.97. The Morgan fingerprint density at radius 1 is 1.07 bits per heavy atom. The van der Waals surface area contributed by atoms with Gasteiger partial charge in [-0.05, 0) is 53.6 Å². The minimum atomic E-state index is -1.17. The van der Waals surface area contributed by atoms with Gasteiger partial charge < -0.3 is 35.3 Å². The number of carbonyl (C=O) groups is 3. The largest absolute Gasteiger partial charge is 0.493 e. The number of anilines is 1. The summed E-state index contributed by atoms with van der Waals surface area (Å²) in [5.41, 5.74) is 2.62. The van der Waals surface area contributed by atoms with Crippen molar-refractivity contribution in [1.82, 2.24) is 10.6 Å². The number of methoxy groups -OCH3 is 3. The van der Waals surface area contributed by atoms with Crippen molar-refractivity contribution in [3.05, 3.63) is 45.6 Å². The molecule has 11 nitrogen and oxygen atoms in total. The predicted octanol–water partition coefficient (Wildman–Crippen LogP) is 2.89. The maximum Gasteiger partial charge on any atom is 0.322 e. The van der Waals surface area contributed by atoms with Gasteiger partial charge >= 0.3 is 5.97 Å². The lowest BCUT2D eigenvalue weighted by molar-refractivity contribution is -0.138. The van der Waals surface area contributed by atoms with Gasteiger partial charge in [0.25, 0.3) is 0 Å². The highest BCUT2D eigenvalue weighted by Gasteiger charge is 2.30. The Morgan fingerprint density at radius 2 is 1.77 bits per heavy atom. The van der Waals surface area contributed by atoms with E-state index in [1.807, 2.05) is 19.9 Å². The molecule has 3 rings (SSSR count). The standard InChI is InChI=1S/C29H37N3O8/c1-7-15(2)26(29(37)30-14-24(35)36)32-21-11-9-18-19(13-22(21)34)20(31-16(3)33)10-8-17-12-23(38-4)27(39-5)28(40-6)25(17)18/h9,11-13,15,20,26H,7-8,10,14H2,1-6H3,(H,30,37)(H,31,33)(H,32,34)(H,35,36). The summed E-state index contributed by atoms with van der Waals surface area (Å²) in [6, 6.07) is 5.36. The minimum absolute atomic E-state index is 0.159. The SMILES string of the molecule is CCC(C)C(Nc1ccc2c(cc1=O)C(NC(C)=O)CCc1cc(OC)c(OC)c(OC)c1-2)C(=O)NCC(=O)O. The van der Waals surface area contributed by atoms with Crippen LogP contribution in [0.15, 0.2) is 29.1 Å². The molecule has 0 aromatic heterocycles. The van der Waals surface area contributed by atoms with Crippen LogP contribution >= 0.6 is 0 Å². The highest BCUT2D eigenvalue weighted by atomic mass is 16.5. The fourth-order valence-corrected chi connectivity index (χ4v) is 4.97. The van der Waals surface area contributed by atoms with Gasteiger partial charge in [0.2, 0.25) is 23.0 Å². The first-order valence-corrected chi connectivity index (χ1v) is 13.1. The average Bonchev–Trinajstić information content (AvgIpc) is 3.17. The zero-order valence-electron chi connectivity index (χ0n) is 23.7. The van der Waals surface area contributed by atoms with Crippen LogP contribution in [-0.4, -0.2) is 56.8 Å². The molecule has 2 amide bonds. The van der Waals surface area contributed by atoms with E-state index in [0.29, 0.717) is 53.2 Å². The van der Waals surface area contributed by atoms with Crippen molar-refractivity contribution in [2.45, 2.75) is 52.1 Å². The molecule has 0 fully saturated rings. The monoisotopic (exact) mass is 555 g/mol. The Hall–Kier alpha value is -4.28. The van der Waals surface area contributed by atoms with E-state index in [0.717, 1.165) is 5.56 Å². The van der Waals surface area contributed by atoms with Gasteiger partial charge in [0.15, 0.2) is 11.5 Å². The van der Waals surface area contributed by atoms with Crippen LogP contribution in [0.25, 0.3) is 11.1 Å². The lowest BCUT2D eigenvalue weighted by atomic mass is 9.95. The maximum absolute atomic E-state index is 13.6. The van der Waals surface area contributed by atoms with Crippen molar-refractivity contribution in [2.75, 3.05) is 33.2 Å². The first-order chi connectivity index (χ1) is 19.1. The van der Waals surface area contributed by atoms with Gasteiger partial charge in [-0.15, -0.1) is 0 Å². The number of aliphatic carboxylic acids is 1. The smallest absolute Gasteiger partial charge is 0.322 e. The summed E-state index contributed by atoms with van der Waals surface area (Å²) >= 11 is 0. The molecule has 11 heteroatoms. The zero-order chi connectivity index (χ0) is 29.6. The molecule has 1 aliphatic rings. The molecule has 2 aromatic carbocycles. The van der Waals surface area contributed by atoms with Gasteiger partial charge in [0.1, 0.15) is 12.6 Å². The lowest BCUT2D eigenvalue weighted by Gasteiger charge is -2.23. The Bertz CT molecular complexity index is 1340. The van der Waals surface area contributed by atoms with Gasteiger partial charge in [0.05, 0.1) is 33.1 Å². The van der Waals surface area contributed by atoms with E-state index in [1.165, 1.54) is 34.3 Å². The molecule has 4 N–H and O–H groups in total. The van der Waals surface area contributed by atoms with E-state index < -0.39 is 30.5 Å². The number of benzene rings is 1. The summed E-state index contributed by atoms with van der Waals surface area (Å²) < 4.78 is 17.0. The lowest BCUT2D eigenvalue weighted by Crippen LogP contribution is -2.45. The second-order valence-corrected chi connectivity index (χ2v) is 9.71. The molecule has 0 saturated carbocycles. The number of rotatable bonds is 11. The van der Waals surface area contributed by atoms with E-state index >= 15 is 0 Å². The number of carboxylic acids is 1. The molecule has 0 aliphatic heterocycles. The van der Waals surface area contributed by atoms with E-state index in [1.54, 1.807) is 12.1 Å². The quantitative estimate of drug-likeness (QED) is 0.328. The maximum atomic E-state index is 13.6. The van der Waals surface area contributed by atoms with Crippen molar-refractivity contribution in [3.63, 3.8) is 0 Å². The zero-order valence-corrected chi connectivity index (χ0v) is 23.7. The van der Waals surface area contributed by atoms with Crippen molar-refractivity contribution in [3.8, 4) is 28.4 Å². The second-order valence-electron chi connectivity index (χ2n) is 9.71. The number of carbonyl (C=O) groups excluding carboxylic acids is 2. The molecule has 216 valence electrons. The van der Waals surface area contributed by atoms with Crippen LogP contribution < -0.4 is 35.6 Å². The molecule has 3 atom stereocenters. The number of hydrogen-bond donors (Lipinski definition) is 4. The first-order valence-electron chi connectivity index (χ1n) is 13.1. The normalized spacial score (nSPS) is 15.3. The summed E-state index contributed by atoms with van der Waals surface area (Å²) in [6.07, 6.45) is 1.69. The van der Waals surface area contributed by atoms with Crippen LogP contribution in [0.3, 0.4) is 0 Å². The summed E-state index contributed by atoms with van der Waals surface area (Å²) in [5.74, 6) is -0.821. The molecule has 3 unspecified atom stereocenters. The third-order valence-electron chi connectivity index (χ3n) is 7.14. The van der Waals surface area contributed by atoms with Crippen molar-refractivity contribution in [1.29, 1.82) is 0 Å². The highest BCUT2D eigenvalue weighted by Crippen LogP contribution is 2.50. The molecule has 2 aromatic rings. The number of aryl methyl sites for hydroxylation is 1. The van der Waals surface area contributed by atoms with Gasteiger partial charge in [-0.25, -0.2) is 0 Å². The van der Waals surface area contributed by atoms with E-state index in [-0.39, 0.29) is 22.9 Å². The number of fused-ring (bicyclic) bond motifs is 3. The predicted molar refractivity (Wildman–Crippen MR) is 150 cm³/mol. The highest BCUT2D eigenvalue weighted by molar-refractivity contribution is 5.88. The topological polar surface area (TPSA) is 152 Å². The first kappa shape index (κ1) is 30.3. The van der Waals surface area contributed by atoms with Gasteiger partial charge in [-0.2, -0.15) is 0 Å². The minimum Gasteiger partial charge on any atom is -0.493 e. The molecular weight excluding hydrogens is 518 g/mol. The third-order valence-corrected chi connectivity index (χ3v) is 7.14. The summed E-state index contributed by atoms with van der Waals surface area (Å²) in [7, 11) is 4.57. The Morgan fingerprint density at radius 3 is 2.35 bits per heavy atom. The Kier molecular flexibility index (Phi) is 9.98. The molecule has 0 spiro atoms. The molecule has 0 radical (unpaired) electrons. The average molecular weight is 556 g/mol. The van der Waals surface area contributed by atoms with Crippen molar-refractivity contribution in [2.24, 2.45) is 5.92 Å². The Labute approximate surface area is 233 Å². The third kappa shape index (κ3) is 6.47.